The molecule has 96 valence electrons. The van der Waals surface area contributed by atoms with Crippen LogP contribution in [0.2, 0.25) is 0 Å². The molecule has 0 aliphatic heterocycles. The predicted octanol–water partition coefficient (Wildman–Crippen LogP) is 3.79. The van der Waals surface area contributed by atoms with Gasteiger partial charge in [0.05, 0.1) is 0 Å². The zero-order chi connectivity index (χ0) is 13.5. The lowest BCUT2D eigenvalue weighted by Gasteiger charge is -2.09. The fourth-order valence-electron chi connectivity index (χ4n) is 1.94. The molecule has 19 heavy (non-hydrogen) atoms. The monoisotopic (exact) mass is 251 g/mol. The summed E-state index contributed by atoms with van der Waals surface area (Å²) in [5.74, 6) is -0.0944. The number of benzene rings is 2. The number of nitrogens with one attached hydrogen (secondary N) is 1. The molecule has 0 radical (unpaired) electrons. The Labute approximate surface area is 113 Å². The third kappa shape index (κ3) is 3.81. The molecule has 1 N–H and O–H groups in total. The summed E-state index contributed by atoms with van der Waals surface area (Å²) in [5, 5.41) is 2.91. The molecular weight excluding hydrogens is 234 g/mol. The summed E-state index contributed by atoms with van der Waals surface area (Å²) in [7, 11) is 0. The van der Waals surface area contributed by atoms with Crippen LogP contribution in [-0.4, -0.2) is 5.91 Å². The van der Waals surface area contributed by atoms with Gasteiger partial charge in [0.2, 0.25) is 5.91 Å². The van der Waals surface area contributed by atoms with Gasteiger partial charge in [-0.05, 0) is 36.6 Å². The van der Waals surface area contributed by atoms with Crippen molar-refractivity contribution in [2.45, 2.75) is 13.3 Å². The highest BCUT2D eigenvalue weighted by molar-refractivity contribution is 5.99. The van der Waals surface area contributed by atoms with Crippen LogP contribution >= 0.6 is 0 Å². The number of carbonyl (C=O) groups excluding carboxylic acids is 1. The van der Waals surface area contributed by atoms with Gasteiger partial charge in [0.25, 0.3) is 0 Å². The van der Waals surface area contributed by atoms with Crippen molar-refractivity contribution in [3.63, 3.8) is 0 Å². The Morgan fingerprint density at radius 3 is 2.47 bits per heavy atom. The van der Waals surface area contributed by atoms with Gasteiger partial charge < -0.3 is 5.32 Å². The van der Waals surface area contributed by atoms with Crippen molar-refractivity contribution >= 4 is 11.6 Å². The predicted molar refractivity (Wildman–Crippen MR) is 79.1 cm³/mol. The lowest BCUT2D eigenvalue weighted by Crippen LogP contribution is -2.09. The molecule has 0 atom stereocenters. The van der Waals surface area contributed by atoms with Gasteiger partial charge in [-0.3, -0.25) is 4.79 Å². The van der Waals surface area contributed by atoms with Crippen LogP contribution in [0.1, 0.15) is 18.1 Å². The summed E-state index contributed by atoms with van der Waals surface area (Å²) in [4.78, 5) is 11.6. The van der Waals surface area contributed by atoms with Crippen molar-refractivity contribution in [2.75, 3.05) is 5.32 Å². The maximum absolute atomic E-state index is 11.6. The molecule has 2 nitrogen and oxygen atoms in total. The summed E-state index contributed by atoms with van der Waals surface area (Å²) in [5.41, 5.74) is 3.22. The van der Waals surface area contributed by atoms with E-state index in [0.29, 0.717) is 0 Å². The highest BCUT2D eigenvalue weighted by Crippen LogP contribution is 2.19. The van der Waals surface area contributed by atoms with Crippen molar-refractivity contribution in [3.8, 4) is 0 Å². The summed E-state index contributed by atoms with van der Waals surface area (Å²) in [6.45, 7) is 1.83. The second-order valence-corrected chi connectivity index (χ2v) is 4.31. The molecule has 0 aliphatic carbocycles. The van der Waals surface area contributed by atoms with E-state index in [2.05, 4.69) is 17.4 Å². The smallest absolute Gasteiger partial charge is 0.248 e. The van der Waals surface area contributed by atoms with Crippen LogP contribution < -0.4 is 5.32 Å². The molecule has 2 aromatic rings. The molecule has 0 aliphatic rings. The number of para-hydroxylation sites is 1. The molecule has 0 saturated heterocycles. The van der Waals surface area contributed by atoms with Crippen molar-refractivity contribution in [1.82, 2.24) is 0 Å². The van der Waals surface area contributed by atoms with E-state index in [4.69, 9.17) is 0 Å². The van der Waals surface area contributed by atoms with Crippen molar-refractivity contribution in [3.05, 3.63) is 77.9 Å². The Bertz CT molecular complexity index is 573. The van der Waals surface area contributed by atoms with Gasteiger partial charge in [0, 0.05) is 5.69 Å². The molecule has 1 amide bonds. The fraction of sp³-hybridized carbons (Fsp3) is 0.118. The molecule has 0 aromatic heterocycles. The molecule has 2 heteroatoms. The van der Waals surface area contributed by atoms with Crippen molar-refractivity contribution < 1.29 is 4.79 Å². The number of anilines is 1. The number of allylic oxidation sites excluding steroid dienone is 1. The fourth-order valence-corrected chi connectivity index (χ4v) is 1.94. The van der Waals surface area contributed by atoms with Crippen LogP contribution in [0.4, 0.5) is 5.69 Å². The van der Waals surface area contributed by atoms with E-state index >= 15 is 0 Å². The first kappa shape index (κ1) is 13.1. The third-order valence-electron chi connectivity index (χ3n) is 2.83. The first-order chi connectivity index (χ1) is 9.29. The molecule has 0 spiro atoms. The summed E-state index contributed by atoms with van der Waals surface area (Å²) in [6.07, 6.45) is 4.07. The van der Waals surface area contributed by atoms with Gasteiger partial charge >= 0.3 is 0 Å². The Hall–Kier alpha value is -2.35. The normalized spacial score (nSPS) is 10.6. The van der Waals surface area contributed by atoms with E-state index in [0.717, 1.165) is 17.7 Å². The van der Waals surface area contributed by atoms with E-state index < -0.39 is 0 Å². The number of amides is 1. The largest absolute Gasteiger partial charge is 0.322 e. The van der Waals surface area contributed by atoms with Gasteiger partial charge in [-0.25, -0.2) is 0 Å². The topological polar surface area (TPSA) is 29.1 Å². The quantitative estimate of drug-likeness (QED) is 0.823. The van der Waals surface area contributed by atoms with Crippen LogP contribution in [0.3, 0.4) is 0 Å². The van der Waals surface area contributed by atoms with Crippen molar-refractivity contribution in [1.29, 1.82) is 0 Å². The molecule has 0 bridgehead atoms. The maximum atomic E-state index is 11.6. The lowest BCUT2D eigenvalue weighted by atomic mass is 10.0. The summed E-state index contributed by atoms with van der Waals surface area (Å²) in [6, 6.07) is 18.1. The van der Waals surface area contributed by atoms with Gasteiger partial charge in [-0.1, -0.05) is 54.6 Å². The van der Waals surface area contributed by atoms with E-state index in [-0.39, 0.29) is 5.91 Å². The van der Waals surface area contributed by atoms with Gasteiger partial charge in [-0.15, -0.1) is 0 Å². The van der Waals surface area contributed by atoms with Crippen LogP contribution in [0.15, 0.2) is 66.7 Å². The molecule has 0 heterocycles. The number of hydrogen-bond donors (Lipinski definition) is 1. The van der Waals surface area contributed by atoms with Crippen molar-refractivity contribution in [2.24, 2.45) is 0 Å². The average molecular weight is 251 g/mol. The molecule has 0 fully saturated rings. The molecule has 0 unspecified atom stereocenters. The molecule has 2 aromatic carbocycles. The van der Waals surface area contributed by atoms with E-state index in [1.54, 1.807) is 6.08 Å². The zero-order valence-corrected chi connectivity index (χ0v) is 11.0. The first-order valence-electron chi connectivity index (χ1n) is 6.35. The SMILES string of the molecule is C/C=C\C(=O)Nc1ccccc1Cc1ccccc1. The third-order valence-corrected chi connectivity index (χ3v) is 2.83. The highest BCUT2D eigenvalue weighted by atomic mass is 16.1. The number of carbonyl (C=O) groups is 1. The van der Waals surface area contributed by atoms with Crippen LogP contribution in [0.5, 0.6) is 0 Å². The number of hydrogen-bond acceptors (Lipinski definition) is 1. The van der Waals surface area contributed by atoms with Crippen LogP contribution in [-0.2, 0) is 11.2 Å². The summed E-state index contributed by atoms with van der Waals surface area (Å²) >= 11 is 0. The Morgan fingerprint density at radius 2 is 1.74 bits per heavy atom. The number of rotatable bonds is 4. The van der Waals surface area contributed by atoms with Crippen LogP contribution in [0, 0.1) is 0 Å². The Morgan fingerprint density at radius 1 is 1.05 bits per heavy atom. The van der Waals surface area contributed by atoms with E-state index in [1.807, 2.05) is 49.4 Å². The van der Waals surface area contributed by atoms with E-state index in [1.165, 1.54) is 11.6 Å². The standard InChI is InChI=1S/C17H17NO/c1-2-8-17(19)18-16-12-7-6-11-15(16)13-14-9-4-3-5-10-14/h2-12H,13H2,1H3,(H,18,19)/b8-2-. The van der Waals surface area contributed by atoms with Gasteiger partial charge in [0.1, 0.15) is 0 Å². The molecule has 0 saturated carbocycles. The van der Waals surface area contributed by atoms with Gasteiger partial charge in [-0.2, -0.15) is 0 Å². The first-order valence-corrected chi connectivity index (χ1v) is 6.35. The Balaban J connectivity index is 2.19. The minimum absolute atomic E-state index is 0.0944. The second-order valence-electron chi connectivity index (χ2n) is 4.31. The summed E-state index contributed by atoms with van der Waals surface area (Å²) < 4.78 is 0. The minimum Gasteiger partial charge on any atom is -0.322 e. The minimum atomic E-state index is -0.0944. The lowest BCUT2D eigenvalue weighted by molar-refractivity contribution is -0.111. The second kappa shape index (κ2) is 6.55. The van der Waals surface area contributed by atoms with Crippen LogP contribution in [0.25, 0.3) is 0 Å². The van der Waals surface area contributed by atoms with E-state index in [9.17, 15) is 4.79 Å². The average Bonchev–Trinajstić information content (AvgIpc) is 2.42. The molecular formula is C17H17NO. The highest BCUT2D eigenvalue weighted by Gasteiger charge is 2.04. The maximum Gasteiger partial charge on any atom is 0.248 e. The van der Waals surface area contributed by atoms with Gasteiger partial charge in [0.15, 0.2) is 0 Å². The molecule has 2 rings (SSSR count). The Kier molecular flexibility index (Phi) is 4.51. The zero-order valence-electron chi connectivity index (χ0n) is 11.0.